The van der Waals surface area contributed by atoms with Crippen LogP contribution in [0, 0.1) is 26.2 Å². The molecular weight excluding hydrogens is 488 g/mol. The smallest absolute Gasteiger partial charge is 0.326 e. The van der Waals surface area contributed by atoms with Crippen LogP contribution in [-0.2, 0) is 17.8 Å². The third-order valence-electron chi connectivity index (χ3n) is 6.08. The van der Waals surface area contributed by atoms with Gasteiger partial charge in [-0.1, -0.05) is 18.1 Å². The summed E-state index contributed by atoms with van der Waals surface area (Å²) in [7, 11) is 0. The lowest BCUT2D eigenvalue weighted by atomic mass is 10.0. The average Bonchev–Trinajstić information content (AvgIpc) is 3.40. The van der Waals surface area contributed by atoms with Crippen LogP contribution in [-0.4, -0.2) is 60.2 Å². The van der Waals surface area contributed by atoms with Crippen LogP contribution >= 0.6 is 0 Å². The number of hydrogen-bond donors (Lipinski definition) is 4. The number of amides is 1. The molecule has 2 heterocycles. The number of aromatic nitrogens is 6. The van der Waals surface area contributed by atoms with E-state index >= 15 is 0 Å². The highest BCUT2D eigenvalue weighted by Gasteiger charge is 2.24. The molecule has 0 aliphatic heterocycles. The zero-order valence-corrected chi connectivity index (χ0v) is 20.9. The number of aromatic amines is 2. The van der Waals surface area contributed by atoms with Gasteiger partial charge in [-0.2, -0.15) is 0 Å². The number of terminal acetylenes is 1. The van der Waals surface area contributed by atoms with Gasteiger partial charge in [0.25, 0.3) is 11.5 Å². The number of carbonyl (C=O) groups is 2. The van der Waals surface area contributed by atoms with Crippen molar-refractivity contribution in [1.82, 2.24) is 35.9 Å². The first-order chi connectivity index (χ1) is 18.3. The second kappa shape index (κ2) is 11.3. The van der Waals surface area contributed by atoms with E-state index in [9.17, 15) is 19.5 Å². The van der Waals surface area contributed by atoms with E-state index in [2.05, 4.69) is 41.8 Å². The topological polar surface area (TPSA) is 170 Å². The highest BCUT2D eigenvalue weighted by molar-refractivity contribution is 6.01. The third-order valence-corrected chi connectivity index (χ3v) is 6.08. The van der Waals surface area contributed by atoms with Crippen LogP contribution in [0.15, 0.2) is 41.2 Å². The number of carboxylic acid groups (broad SMARTS) is 1. The van der Waals surface area contributed by atoms with Gasteiger partial charge >= 0.3 is 5.97 Å². The minimum absolute atomic E-state index is 0.0898. The van der Waals surface area contributed by atoms with Crippen LogP contribution < -0.4 is 15.8 Å². The van der Waals surface area contributed by atoms with Gasteiger partial charge in [0.05, 0.1) is 28.7 Å². The van der Waals surface area contributed by atoms with Crippen molar-refractivity contribution in [2.45, 2.75) is 39.3 Å². The predicted molar refractivity (Wildman–Crippen MR) is 140 cm³/mol. The van der Waals surface area contributed by atoms with Crippen molar-refractivity contribution in [2.24, 2.45) is 0 Å². The van der Waals surface area contributed by atoms with Crippen molar-refractivity contribution in [3.8, 4) is 12.3 Å². The largest absolute Gasteiger partial charge is 0.480 e. The normalized spacial score (nSPS) is 11.6. The van der Waals surface area contributed by atoms with E-state index in [1.807, 2.05) is 17.9 Å². The summed E-state index contributed by atoms with van der Waals surface area (Å²) < 4.78 is 0. The zero-order valence-electron chi connectivity index (χ0n) is 20.9. The number of nitrogens with one attached hydrogen (secondary N) is 3. The summed E-state index contributed by atoms with van der Waals surface area (Å²) in [6, 6.07) is 9.28. The van der Waals surface area contributed by atoms with Gasteiger partial charge in [0, 0.05) is 13.0 Å². The maximum absolute atomic E-state index is 13.3. The quantitative estimate of drug-likeness (QED) is 0.229. The molecular formula is C26H26N8O4. The maximum atomic E-state index is 13.3. The number of aliphatic carboxylic acids is 1. The molecule has 12 nitrogen and oxygen atoms in total. The summed E-state index contributed by atoms with van der Waals surface area (Å²) in [4.78, 5) is 46.6. The van der Waals surface area contributed by atoms with Crippen LogP contribution in [0.3, 0.4) is 0 Å². The molecule has 0 aliphatic carbocycles. The van der Waals surface area contributed by atoms with Gasteiger partial charge in [-0.25, -0.2) is 14.9 Å². The second-order valence-electron chi connectivity index (χ2n) is 8.78. The number of carboxylic acids is 1. The Balaban J connectivity index is 1.61. The molecule has 38 heavy (non-hydrogen) atoms. The highest BCUT2D eigenvalue weighted by Crippen LogP contribution is 2.25. The first-order valence-corrected chi connectivity index (χ1v) is 11.8. The molecule has 0 aliphatic rings. The van der Waals surface area contributed by atoms with Crippen molar-refractivity contribution in [3.63, 3.8) is 0 Å². The Morgan fingerprint density at radius 3 is 2.74 bits per heavy atom. The van der Waals surface area contributed by atoms with Gasteiger partial charge in [0.15, 0.2) is 0 Å². The van der Waals surface area contributed by atoms with Crippen molar-refractivity contribution in [1.29, 1.82) is 0 Å². The average molecular weight is 515 g/mol. The number of hydrogen-bond acceptors (Lipinski definition) is 8. The number of benzene rings is 2. The SMILES string of the molecule is C#CCN(Cc1cc2c(=O)[nH]c(C)nc2cc1C)c1ccccc1C(=O)NC(CCc1nnn[nH]1)C(=O)O. The van der Waals surface area contributed by atoms with Crippen LogP contribution in [0.1, 0.15) is 39.6 Å². The summed E-state index contributed by atoms with van der Waals surface area (Å²) in [5.41, 5.74) is 2.90. The standard InChI is InChI=1S/C26H26N8O4/c1-4-11-34(14-17-13-19-21(12-15(17)2)27-16(3)28-25(19)36)22-8-6-5-7-18(22)24(35)29-20(26(37)38)9-10-23-30-32-33-31-23/h1,5-8,12-13,20H,9-11,14H2,2-3H3,(H,29,35)(H,37,38)(H,27,28,36)(H,30,31,32,33). The molecule has 1 amide bonds. The van der Waals surface area contributed by atoms with E-state index in [0.717, 1.165) is 11.1 Å². The van der Waals surface area contributed by atoms with Crippen LogP contribution in [0.5, 0.6) is 0 Å². The van der Waals surface area contributed by atoms with Crippen LogP contribution in [0.4, 0.5) is 5.69 Å². The van der Waals surface area contributed by atoms with Crippen molar-refractivity contribution in [3.05, 3.63) is 75.1 Å². The van der Waals surface area contributed by atoms with E-state index < -0.39 is 17.9 Å². The number of aryl methyl sites for hydroxylation is 3. The fourth-order valence-electron chi connectivity index (χ4n) is 4.17. The molecule has 12 heteroatoms. The summed E-state index contributed by atoms with van der Waals surface area (Å²) in [5, 5.41) is 26.0. The molecule has 0 saturated carbocycles. The number of carbonyl (C=O) groups excluding carboxylic acids is 1. The van der Waals surface area contributed by atoms with E-state index in [1.54, 1.807) is 37.3 Å². The van der Waals surface area contributed by atoms with Gasteiger partial charge in [0.2, 0.25) is 0 Å². The summed E-state index contributed by atoms with van der Waals surface area (Å²) >= 11 is 0. The molecule has 0 radical (unpaired) electrons. The number of anilines is 1. The fraction of sp³-hybridized carbons (Fsp3) is 0.269. The van der Waals surface area contributed by atoms with Crippen molar-refractivity contribution in [2.75, 3.05) is 11.4 Å². The van der Waals surface area contributed by atoms with E-state index in [4.69, 9.17) is 6.42 Å². The fourth-order valence-corrected chi connectivity index (χ4v) is 4.17. The van der Waals surface area contributed by atoms with Gasteiger partial charge in [-0.15, -0.1) is 11.5 Å². The van der Waals surface area contributed by atoms with Gasteiger partial charge in [0.1, 0.15) is 17.7 Å². The number of H-pyrrole nitrogens is 2. The highest BCUT2D eigenvalue weighted by atomic mass is 16.4. The number of para-hydroxylation sites is 1. The lowest BCUT2D eigenvalue weighted by molar-refractivity contribution is -0.139. The Labute approximate surface area is 217 Å². The Bertz CT molecular complexity index is 1570. The molecule has 1 atom stereocenters. The molecule has 2 aromatic carbocycles. The summed E-state index contributed by atoms with van der Waals surface area (Å²) in [6.07, 6.45) is 6.00. The monoisotopic (exact) mass is 514 g/mol. The molecule has 0 bridgehead atoms. The lowest BCUT2D eigenvalue weighted by Gasteiger charge is -2.26. The molecule has 0 fully saturated rings. The maximum Gasteiger partial charge on any atom is 0.326 e. The Hall–Kier alpha value is -5.05. The van der Waals surface area contributed by atoms with E-state index in [-0.39, 0.29) is 30.5 Å². The number of tetrazole rings is 1. The predicted octanol–water partition coefficient (Wildman–Crippen LogP) is 1.51. The zero-order chi connectivity index (χ0) is 27.2. The number of nitrogens with zero attached hydrogens (tertiary/aromatic N) is 5. The van der Waals surface area contributed by atoms with Crippen molar-refractivity contribution >= 4 is 28.5 Å². The first-order valence-electron chi connectivity index (χ1n) is 11.8. The third kappa shape index (κ3) is 5.84. The minimum atomic E-state index is -1.18. The molecule has 2 aromatic heterocycles. The van der Waals surface area contributed by atoms with Gasteiger partial charge in [-0.3, -0.25) is 9.59 Å². The molecule has 4 aromatic rings. The van der Waals surface area contributed by atoms with E-state index in [0.29, 0.717) is 34.8 Å². The number of rotatable bonds is 10. The molecule has 194 valence electrons. The molecule has 4 rings (SSSR count). The second-order valence-corrected chi connectivity index (χ2v) is 8.78. The molecule has 0 saturated heterocycles. The first kappa shape index (κ1) is 26.0. The number of fused-ring (bicyclic) bond motifs is 1. The Kier molecular flexibility index (Phi) is 7.77. The van der Waals surface area contributed by atoms with Crippen LogP contribution in [0.2, 0.25) is 0 Å². The Morgan fingerprint density at radius 1 is 1.24 bits per heavy atom. The minimum Gasteiger partial charge on any atom is -0.480 e. The molecule has 4 N–H and O–H groups in total. The van der Waals surface area contributed by atoms with Gasteiger partial charge in [-0.05, 0) is 66.1 Å². The van der Waals surface area contributed by atoms with Crippen LogP contribution in [0.25, 0.3) is 10.9 Å². The summed E-state index contributed by atoms with van der Waals surface area (Å²) in [6.45, 7) is 4.12. The van der Waals surface area contributed by atoms with Crippen molar-refractivity contribution < 1.29 is 14.7 Å². The molecule has 0 spiro atoms. The summed E-state index contributed by atoms with van der Waals surface area (Å²) in [5.74, 6) is 1.83. The Morgan fingerprint density at radius 2 is 2.03 bits per heavy atom. The van der Waals surface area contributed by atoms with E-state index in [1.165, 1.54) is 0 Å². The van der Waals surface area contributed by atoms with Gasteiger partial charge < -0.3 is 20.3 Å². The lowest BCUT2D eigenvalue weighted by Crippen LogP contribution is -2.41. The molecule has 1 unspecified atom stereocenters.